The van der Waals surface area contributed by atoms with E-state index in [1.165, 1.54) is 0 Å². The number of rotatable bonds is 1. The second-order valence-corrected chi connectivity index (χ2v) is 3.74. The molecule has 0 bridgehead atoms. The maximum atomic E-state index is 11.1. The predicted octanol–water partition coefficient (Wildman–Crippen LogP) is 0.594. The van der Waals surface area contributed by atoms with Crippen LogP contribution in [0.1, 0.15) is 19.8 Å². The summed E-state index contributed by atoms with van der Waals surface area (Å²) in [6, 6.07) is 0. The van der Waals surface area contributed by atoms with E-state index in [1.54, 1.807) is 0 Å². The van der Waals surface area contributed by atoms with E-state index in [2.05, 4.69) is 6.92 Å². The van der Waals surface area contributed by atoms with Crippen LogP contribution in [0.15, 0.2) is 0 Å². The molecule has 2 aliphatic rings. The fourth-order valence-corrected chi connectivity index (χ4v) is 2.46. The van der Waals surface area contributed by atoms with E-state index >= 15 is 0 Å². The number of fused-ring (bicyclic) bond motifs is 1. The van der Waals surface area contributed by atoms with Crippen LogP contribution >= 0.6 is 0 Å². The Morgan fingerprint density at radius 3 is 2.80 bits per heavy atom. The molecular formula is C8H12O2. The van der Waals surface area contributed by atoms with Gasteiger partial charge in [-0.05, 0) is 17.8 Å². The maximum Gasteiger partial charge on any atom is 0.136 e. The van der Waals surface area contributed by atoms with E-state index in [4.69, 9.17) is 5.11 Å². The fourth-order valence-electron chi connectivity index (χ4n) is 2.46. The molecule has 3 atom stereocenters. The highest BCUT2D eigenvalue weighted by molar-refractivity contribution is 5.88. The van der Waals surface area contributed by atoms with Crippen molar-refractivity contribution in [1.82, 2.24) is 0 Å². The summed E-state index contributed by atoms with van der Waals surface area (Å²) in [5.41, 5.74) is 0.200. The lowest BCUT2D eigenvalue weighted by atomic mass is 10.0. The minimum atomic E-state index is 0.200. The van der Waals surface area contributed by atoms with Gasteiger partial charge in [0, 0.05) is 18.9 Å². The summed E-state index contributed by atoms with van der Waals surface area (Å²) in [5.74, 6) is 0.896. The van der Waals surface area contributed by atoms with Gasteiger partial charge in [0.15, 0.2) is 0 Å². The molecule has 0 heterocycles. The zero-order valence-electron chi connectivity index (χ0n) is 6.13. The summed E-state index contributed by atoms with van der Waals surface area (Å²) in [5, 5.41) is 8.84. The first-order chi connectivity index (χ1) is 4.70. The average Bonchev–Trinajstić information content (AvgIpc) is 2.41. The molecule has 2 heteroatoms. The van der Waals surface area contributed by atoms with E-state index in [0.29, 0.717) is 11.7 Å². The highest BCUT2D eigenvalue weighted by Gasteiger charge is 2.66. The number of ketones is 1. The standard InChI is InChI=1S/C8H12O2/c1-8-3-2-6(10)7(8)5(8)4-9/h5,7,9H,2-4H2,1H3. The van der Waals surface area contributed by atoms with Gasteiger partial charge in [-0.1, -0.05) is 6.92 Å². The minimum absolute atomic E-state index is 0.200. The lowest BCUT2D eigenvalue weighted by Gasteiger charge is -2.03. The monoisotopic (exact) mass is 140 g/mol. The Morgan fingerprint density at radius 1 is 1.80 bits per heavy atom. The van der Waals surface area contributed by atoms with Crippen molar-refractivity contribution in [2.24, 2.45) is 17.3 Å². The van der Waals surface area contributed by atoms with Crippen molar-refractivity contribution >= 4 is 5.78 Å². The Morgan fingerprint density at radius 2 is 2.50 bits per heavy atom. The largest absolute Gasteiger partial charge is 0.396 e. The minimum Gasteiger partial charge on any atom is -0.396 e. The topological polar surface area (TPSA) is 37.3 Å². The molecule has 0 aliphatic heterocycles. The van der Waals surface area contributed by atoms with Gasteiger partial charge in [0.2, 0.25) is 0 Å². The number of carbonyl (C=O) groups excluding carboxylic acids is 1. The molecular weight excluding hydrogens is 128 g/mol. The van der Waals surface area contributed by atoms with Crippen LogP contribution in [-0.2, 0) is 4.79 Å². The molecule has 3 unspecified atom stereocenters. The van der Waals surface area contributed by atoms with Crippen molar-refractivity contribution in [2.75, 3.05) is 6.61 Å². The van der Waals surface area contributed by atoms with E-state index in [-0.39, 0.29) is 17.9 Å². The number of aliphatic hydroxyl groups is 1. The Labute approximate surface area is 60.2 Å². The molecule has 56 valence electrons. The van der Waals surface area contributed by atoms with Gasteiger partial charge in [-0.25, -0.2) is 0 Å². The fraction of sp³-hybridized carbons (Fsp3) is 0.875. The van der Waals surface area contributed by atoms with Gasteiger partial charge in [0.1, 0.15) is 5.78 Å². The third-order valence-electron chi connectivity index (χ3n) is 3.30. The molecule has 0 radical (unpaired) electrons. The third-order valence-corrected chi connectivity index (χ3v) is 3.30. The summed E-state index contributed by atoms with van der Waals surface area (Å²) in [7, 11) is 0. The lowest BCUT2D eigenvalue weighted by Crippen LogP contribution is -2.03. The number of carbonyl (C=O) groups is 1. The normalized spacial score (nSPS) is 51.2. The van der Waals surface area contributed by atoms with Crippen molar-refractivity contribution in [3.8, 4) is 0 Å². The van der Waals surface area contributed by atoms with Gasteiger partial charge in [-0.2, -0.15) is 0 Å². The smallest absolute Gasteiger partial charge is 0.136 e. The molecule has 10 heavy (non-hydrogen) atoms. The number of aliphatic hydroxyl groups excluding tert-OH is 1. The molecule has 2 saturated carbocycles. The van der Waals surface area contributed by atoms with E-state index in [9.17, 15) is 4.79 Å². The molecule has 0 spiro atoms. The van der Waals surface area contributed by atoms with Crippen LogP contribution in [0.5, 0.6) is 0 Å². The highest BCUT2D eigenvalue weighted by atomic mass is 16.3. The van der Waals surface area contributed by atoms with Crippen molar-refractivity contribution in [3.63, 3.8) is 0 Å². The quantitative estimate of drug-likeness (QED) is 0.579. The zero-order valence-corrected chi connectivity index (χ0v) is 6.13. The zero-order chi connectivity index (χ0) is 7.35. The molecule has 2 fully saturated rings. The molecule has 2 nitrogen and oxygen atoms in total. The highest BCUT2D eigenvalue weighted by Crippen LogP contribution is 2.66. The Kier molecular flexibility index (Phi) is 1.03. The second-order valence-electron chi connectivity index (χ2n) is 3.74. The Balaban J connectivity index is 2.18. The molecule has 0 aromatic heterocycles. The number of Topliss-reactive ketones (excluding diaryl/α,β-unsaturated/α-hetero) is 1. The van der Waals surface area contributed by atoms with Gasteiger partial charge in [0.25, 0.3) is 0 Å². The first-order valence-electron chi connectivity index (χ1n) is 3.84. The molecule has 0 amide bonds. The van der Waals surface area contributed by atoms with Gasteiger partial charge >= 0.3 is 0 Å². The van der Waals surface area contributed by atoms with Crippen LogP contribution in [0.4, 0.5) is 0 Å². The lowest BCUT2D eigenvalue weighted by molar-refractivity contribution is -0.119. The van der Waals surface area contributed by atoms with Crippen molar-refractivity contribution < 1.29 is 9.90 Å². The first kappa shape index (κ1) is 6.35. The van der Waals surface area contributed by atoms with Crippen LogP contribution in [0, 0.1) is 17.3 Å². The van der Waals surface area contributed by atoms with Crippen LogP contribution in [0.3, 0.4) is 0 Å². The average molecular weight is 140 g/mol. The van der Waals surface area contributed by atoms with Gasteiger partial charge in [0.05, 0.1) is 0 Å². The SMILES string of the molecule is CC12CCC(=O)C1C2CO. The van der Waals surface area contributed by atoms with E-state index in [1.807, 2.05) is 0 Å². The summed E-state index contributed by atoms with van der Waals surface area (Å²) >= 11 is 0. The van der Waals surface area contributed by atoms with Gasteiger partial charge < -0.3 is 5.11 Å². The second kappa shape index (κ2) is 1.62. The molecule has 2 rings (SSSR count). The van der Waals surface area contributed by atoms with Gasteiger partial charge in [-0.15, -0.1) is 0 Å². The summed E-state index contributed by atoms with van der Waals surface area (Å²) < 4.78 is 0. The third kappa shape index (κ3) is 0.511. The van der Waals surface area contributed by atoms with Crippen LogP contribution in [0.2, 0.25) is 0 Å². The predicted molar refractivity (Wildman–Crippen MR) is 36.4 cm³/mol. The number of hydrogen-bond acceptors (Lipinski definition) is 2. The van der Waals surface area contributed by atoms with Crippen molar-refractivity contribution in [1.29, 1.82) is 0 Å². The van der Waals surface area contributed by atoms with E-state index < -0.39 is 0 Å². The van der Waals surface area contributed by atoms with Crippen molar-refractivity contribution in [2.45, 2.75) is 19.8 Å². The van der Waals surface area contributed by atoms with Crippen LogP contribution < -0.4 is 0 Å². The van der Waals surface area contributed by atoms with Gasteiger partial charge in [-0.3, -0.25) is 4.79 Å². The molecule has 1 N–H and O–H groups in total. The maximum absolute atomic E-state index is 11.1. The Hall–Kier alpha value is -0.370. The molecule has 2 aliphatic carbocycles. The van der Waals surface area contributed by atoms with Crippen LogP contribution in [-0.4, -0.2) is 17.5 Å². The van der Waals surface area contributed by atoms with Crippen LogP contribution in [0.25, 0.3) is 0 Å². The van der Waals surface area contributed by atoms with E-state index in [0.717, 1.165) is 12.8 Å². The Bertz CT molecular complexity index is 188. The number of hydrogen-bond donors (Lipinski definition) is 1. The molecule has 0 aromatic carbocycles. The first-order valence-corrected chi connectivity index (χ1v) is 3.84. The molecule has 0 saturated heterocycles. The van der Waals surface area contributed by atoms with Crippen molar-refractivity contribution in [3.05, 3.63) is 0 Å². The summed E-state index contributed by atoms with van der Waals surface area (Å²) in [4.78, 5) is 11.1. The summed E-state index contributed by atoms with van der Waals surface area (Å²) in [6.07, 6.45) is 1.75. The molecule has 0 aromatic rings. The summed E-state index contributed by atoms with van der Waals surface area (Å²) in [6.45, 7) is 2.32.